The summed E-state index contributed by atoms with van der Waals surface area (Å²) < 4.78 is 16.1. The molecule has 0 aliphatic carbocycles. The highest BCUT2D eigenvalue weighted by atomic mass is 16.5. The number of benzene rings is 2. The van der Waals surface area contributed by atoms with Gasteiger partial charge in [0, 0.05) is 5.56 Å². The Morgan fingerprint density at radius 1 is 0.871 bits per heavy atom. The summed E-state index contributed by atoms with van der Waals surface area (Å²) in [6.45, 7) is 5.56. The molecule has 0 bridgehead atoms. The molecule has 8 nitrogen and oxygen atoms in total. The molecule has 1 aliphatic heterocycles. The van der Waals surface area contributed by atoms with Gasteiger partial charge in [-0.2, -0.15) is 0 Å². The molecule has 0 spiro atoms. The van der Waals surface area contributed by atoms with Crippen LogP contribution in [0.5, 0.6) is 17.2 Å². The summed E-state index contributed by atoms with van der Waals surface area (Å²) in [5.74, 6) is -0.461. The zero-order chi connectivity index (χ0) is 22.9. The molecule has 0 saturated carbocycles. The maximum atomic E-state index is 13.3. The molecule has 31 heavy (non-hydrogen) atoms. The van der Waals surface area contributed by atoms with Gasteiger partial charge in [0.15, 0.2) is 11.5 Å². The number of ether oxygens (including phenoxy) is 3. The first-order valence-corrected chi connectivity index (χ1v) is 9.51. The Bertz CT molecular complexity index is 1100. The van der Waals surface area contributed by atoms with Crippen molar-refractivity contribution in [2.45, 2.75) is 20.8 Å². The molecule has 2 aromatic rings. The number of aryl methyl sites for hydroxylation is 3. The molecule has 1 aliphatic rings. The average Bonchev–Trinajstić information content (AvgIpc) is 2.71. The van der Waals surface area contributed by atoms with E-state index in [-0.39, 0.29) is 5.57 Å². The molecule has 162 valence electrons. The van der Waals surface area contributed by atoms with Crippen LogP contribution in [-0.2, 0) is 9.59 Å². The Balaban J connectivity index is 2.15. The maximum Gasteiger partial charge on any atom is 0.335 e. The van der Waals surface area contributed by atoms with Gasteiger partial charge in [0.05, 0.1) is 27.0 Å². The van der Waals surface area contributed by atoms with Gasteiger partial charge in [0.25, 0.3) is 11.8 Å². The number of hydrogen-bond donors (Lipinski definition) is 1. The summed E-state index contributed by atoms with van der Waals surface area (Å²) in [7, 11) is 4.39. The van der Waals surface area contributed by atoms with Gasteiger partial charge in [0.2, 0.25) is 5.75 Å². The SMILES string of the molecule is COc1ccc(/C=C2/C(=O)NC(=O)N(c3c(C)cc(C)cc3C)C2=O)c(OC)c1OC. The van der Waals surface area contributed by atoms with E-state index in [0.717, 1.165) is 21.6 Å². The second-order valence-corrected chi connectivity index (χ2v) is 7.13. The number of anilines is 1. The van der Waals surface area contributed by atoms with Crippen LogP contribution in [0.15, 0.2) is 29.8 Å². The highest BCUT2D eigenvalue weighted by molar-refractivity contribution is 6.39. The second-order valence-electron chi connectivity index (χ2n) is 7.13. The lowest BCUT2D eigenvalue weighted by atomic mass is 10.0. The number of barbiturate groups is 1. The van der Waals surface area contributed by atoms with Crippen molar-refractivity contribution in [1.29, 1.82) is 0 Å². The largest absolute Gasteiger partial charge is 0.493 e. The van der Waals surface area contributed by atoms with Crippen molar-refractivity contribution in [3.8, 4) is 17.2 Å². The molecule has 0 atom stereocenters. The lowest BCUT2D eigenvalue weighted by Gasteiger charge is -2.29. The fourth-order valence-corrected chi connectivity index (χ4v) is 3.78. The number of methoxy groups -OCH3 is 3. The van der Waals surface area contributed by atoms with Crippen molar-refractivity contribution < 1.29 is 28.6 Å². The predicted octanol–water partition coefficient (Wildman–Crippen LogP) is 3.30. The van der Waals surface area contributed by atoms with E-state index >= 15 is 0 Å². The predicted molar refractivity (Wildman–Crippen MR) is 116 cm³/mol. The lowest BCUT2D eigenvalue weighted by Crippen LogP contribution is -2.54. The summed E-state index contributed by atoms with van der Waals surface area (Å²) in [6, 6.07) is 6.23. The molecule has 1 heterocycles. The van der Waals surface area contributed by atoms with Gasteiger partial charge in [-0.1, -0.05) is 17.7 Å². The minimum Gasteiger partial charge on any atom is -0.493 e. The smallest absolute Gasteiger partial charge is 0.335 e. The van der Waals surface area contributed by atoms with E-state index in [1.54, 1.807) is 12.1 Å². The third kappa shape index (κ3) is 3.84. The van der Waals surface area contributed by atoms with Crippen LogP contribution in [0.4, 0.5) is 10.5 Å². The summed E-state index contributed by atoms with van der Waals surface area (Å²) in [5.41, 5.74) is 3.17. The first-order chi connectivity index (χ1) is 14.7. The van der Waals surface area contributed by atoms with Crippen LogP contribution in [0.1, 0.15) is 22.3 Å². The summed E-state index contributed by atoms with van der Waals surface area (Å²) in [5, 5.41) is 2.25. The number of rotatable bonds is 5. The van der Waals surface area contributed by atoms with Gasteiger partial charge in [-0.05, 0) is 50.1 Å². The minimum absolute atomic E-state index is 0.204. The molecule has 1 saturated heterocycles. The molecule has 4 amide bonds. The second kappa shape index (κ2) is 8.51. The van der Waals surface area contributed by atoms with E-state index in [2.05, 4.69) is 5.32 Å². The Hall–Kier alpha value is -3.81. The molecule has 0 aromatic heterocycles. The van der Waals surface area contributed by atoms with Gasteiger partial charge in [0.1, 0.15) is 5.57 Å². The molecule has 8 heteroatoms. The van der Waals surface area contributed by atoms with Crippen LogP contribution >= 0.6 is 0 Å². The normalized spacial score (nSPS) is 15.2. The number of nitrogens with one attached hydrogen (secondary N) is 1. The molecule has 0 radical (unpaired) electrons. The third-order valence-electron chi connectivity index (χ3n) is 5.00. The Morgan fingerprint density at radius 3 is 2.03 bits per heavy atom. The monoisotopic (exact) mass is 424 g/mol. The Labute approximate surface area is 180 Å². The number of carbonyl (C=O) groups is 3. The van der Waals surface area contributed by atoms with Crippen LogP contribution in [0.3, 0.4) is 0 Å². The summed E-state index contributed by atoms with van der Waals surface area (Å²) >= 11 is 0. The van der Waals surface area contributed by atoms with E-state index < -0.39 is 17.8 Å². The van der Waals surface area contributed by atoms with E-state index in [1.165, 1.54) is 27.4 Å². The van der Waals surface area contributed by atoms with E-state index in [4.69, 9.17) is 14.2 Å². The summed E-state index contributed by atoms with van der Waals surface area (Å²) in [4.78, 5) is 39.4. The van der Waals surface area contributed by atoms with Crippen LogP contribution in [0, 0.1) is 20.8 Å². The van der Waals surface area contributed by atoms with Crippen molar-refractivity contribution in [1.82, 2.24) is 5.32 Å². The highest BCUT2D eigenvalue weighted by Crippen LogP contribution is 2.41. The summed E-state index contributed by atoms with van der Waals surface area (Å²) in [6.07, 6.45) is 1.37. The van der Waals surface area contributed by atoms with Crippen LogP contribution in [-0.4, -0.2) is 39.2 Å². The number of urea groups is 1. The first kappa shape index (κ1) is 21.9. The van der Waals surface area contributed by atoms with Crippen LogP contribution in [0.25, 0.3) is 6.08 Å². The first-order valence-electron chi connectivity index (χ1n) is 9.51. The molecule has 1 fully saturated rings. The fraction of sp³-hybridized carbons (Fsp3) is 0.261. The van der Waals surface area contributed by atoms with Gasteiger partial charge in [-0.15, -0.1) is 0 Å². The third-order valence-corrected chi connectivity index (χ3v) is 5.00. The molecular formula is C23H24N2O6. The number of hydrogen-bond acceptors (Lipinski definition) is 6. The quantitative estimate of drug-likeness (QED) is 0.585. The van der Waals surface area contributed by atoms with Gasteiger partial charge in [-0.3, -0.25) is 14.9 Å². The molecule has 0 unspecified atom stereocenters. The van der Waals surface area contributed by atoms with Crippen molar-refractivity contribution in [3.63, 3.8) is 0 Å². The molecule has 3 rings (SSSR count). The molecular weight excluding hydrogens is 400 g/mol. The van der Waals surface area contributed by atoms with Crippen molar-refractivity contribution in [2.75, 3.05) is 26.2 Å². The lowest BCUT2D eigenvalue weighted by molar-refractivity contribution is -0.122. The zero-order valence-corrected chi connectivity index (χ0v) is 18.3. The van der Waals surface area contributed by atoms with Crippen LogP contribution < -0.4 is 24.4 Å². The van der Waals surface area contributed by atoms with Crippen LogP contribution in [0.2, 0.25) is 0 Å². The number of nitrogens with zero attached hydrogens (tertiary/aromatic N) is 1. The maximum absolute atomic E-state index is 13.3. The van der Waals surface area contributed by atoms with E-state index in [0.29, 0.717) is 28.5 Å². The Kier molecular flexibility index (Phi) is 6.01. The zero-order valence-electron chi connectivity index (χ0n) is 18.3. The number of carbonyl (C=O) groups excluding carboxylic acids is 3. The van der Waals surface area contributed by atoms with Gasteiger partial charge < -0.3 is 14.2 Å². The topological polar surface area (TPSA) is 94.2 Å². The van der Waals surface area contributed by atoms with Gasteiger partial charge >= 0.3 is 6.03 Å². The van der Waals surface area contributed by atoms with Gasteiger partial charge in [-0.25, -0.2) is 9.69 Å². The average molecular weight is 424 g/mol. The fourth-order valence-electron chi connectivity index (χ4n) is 3.78. The highest BCUT2D eigenvalue weighted by Gasteiger charge is 2.38. The Morgan fingerprint density at radius 2 is 1.48 bits per heavy atom. The molecule has 2 aromatic carbocycles. The van der Waals surface area contributed by atoms with Crippen molar-refractivity contribution >= 4 is 29.6 Å². The van der Waals surface area contributed by atoms with Crippen molar-refractivity contribution in [2.24, 2.45) is 0 Å². The standard InChI is InChI=1S/C23H24N2O6/c1-12-9-13(2)18(14(3)10-12)25-22(27)16(21(26)24-23(25)28)11-15-7-8-17(29-4)20(31-6)19(15)30-5/h7-11H,1-6H3,(H,24,26,28)/b16-11-. The van der Waals surface area contributed by atoms with E-state index in [1.807, 2.05) is 32.9 Å². The number of imide groups is 2. The van der Waals surface area contributed by atoms with E-state index in [9.17, 15) is 14.4 Å². The minimum atomic E-state index is -0.790. The van der Waals surface area contributed by atoms with Crippen molar-refractivity contribution in [3.05, 3.63) is 52.1 Å². The molecule has 1 N–H and O–H groups in total. The number of amides is 4.